The summed E-state index contributed by atoms with van der Waals surface area (Å²) in [5, 5.41) is 23.3. The molecule has 71 heavy (non-hydrogen) atoms. The molecule has 0 bridgehead atoms. The molecule has 6 nitrogen and oxygen atoms in total. The molecule has 424 valence electrons. The summed E-state index contributed by atoms with van der Waals surface area (Å²) >= 11 is 0. The van der Waals surface area contributed by atoms with Crippen molar-refractivity contribution in [2.24, 2.45) is 0 Å². The Balaban J connectivity index is 3.34. The molecule has 0 aliphatic carbocycles. The molecule has 0 heterocycles. The summed E-state index contributed by atoms with van der Waals surface area (Å²) in [7, 11) is 0. The van der Waals surface area contributed by atoms with E-state index in [0.29, 0.717) is 25.9 Å². The van der Waals surface area contributed by atoms with Crippen LogP contribution >= 0.6 is 0 Å². The number of carbonyl (C=O) groups excluding carboxylic acids is 2. The minimum absolute atomic E-state index is 0.0198. The van der Waals surface area contributed by atoms with Crippen molar-refractivity contribution in [3.05, 3.63) is 0 Å². The SMILES string of the molecule is CCCCCCCCCCCCCCCCCC(O)C(CO)NC(=O)CCCCCCCCCCCCCCCCCCCCCCCCCCCOC(=O)CCCCCCCCCCCCCCCC. The quantitative estimate of drug-likeness (QED) is 0.0417. The van der Waals surface area contributed by atoms with Gasteiger partial charge in [-0.15, -0.1) is 0 Å². The van der Waals surface area contributed by atoms with Crippen LogP contribution in [0.4, 0.5) is 0 Å². The first-order valence-electron chi connectivity index (χ1n) is 32.8. The van der Waals surface area contributed by atoms with Crippen LogP contribution in [0.5, 0.6) is 0 Å². The molecule has 2 unspecified atom stereocenters. The fraction of sp³-hybridized carbons (Fsp3) is 0.969. The van der Waals surface area contributed by atoms with E-state index in [9.17, 15) is 19.8 Å². The van der Waals surface area contributed by atoms with Crippen LogP contribution in [0.3, 0.4) is 0 Å². The Hall–Kier alpha value is -1.14. The molecule has 0 fully saturated rings. The minimum Gasteiger partial charge on any atom is -0.466 e. The van der Waals surface area contributed by atoms with Crippen molar-refractivity contribution in [3.63, 3.8) is 0 Å². The van der Waals surface area contributed by atoms with Crippen LogP contribution in [0.15, 0.2) is 0 Å². The summed E-state index contributed by atoms with van der Waals surface area (Å²) in [5.41, 5.74) is 0. The average Bonchev–Trinajstić information content (AvgIpc) is 3.37. The molecule has 1 amide bonds. The van der Waals surface area contributed by atoms with E-state index in [1.165, 1.54) is 308 Å². The Morgan fingerprint density at radius 3 is 0.859 bits per heavy atom. The van der Waals surface area contributed by atoms with Gasteiger partial charge in [0, 0.05) is 12.8 Å². The number of rotatable bonds is 62. The number of hydrogen-bond donors (Lipinski definition) is 3. The molecule has 0 spiro atoms. The monoisotopic (exact) mass is 1000 g/mol. The predicted octanol–water partition coefficient (Wildman–Crippen LogP) is 20.6. The molecule has 0 aliphatic heterocycles. The van der Waals surface area contributed by atoms with E-state index < -0.39 is 12.1 Å². The summed E-state index contributed by atoms with van der Waals surface area (Å²) in [6.07, 6.45) is 72.7. The van der Waals surface area contributed by atoms with E-state index in [0.717, 1.165) is 38.5 Å². The molecular formula is C65H129NO5. The number of unbranched alkanes of at least 4 members (excludes halogenated alkanes) is 51. The van der Waals surface area contributed by atoms with Crippen molar-refractivity contribution in [1.82, 2.24) is 5.32 Å². The molecule has 0 radical (unpaired) electrons. The first-order chi connectivity index (χ1) is 35.0. The van der Waals surface area contributed by atoms with Crippen molar-refractivity contribution in [1.29, 1.82) is 0 Å². The summed E-state index contributed by atoms with van der Waals surface area (Å²) in [4.78, 5) is 24.6. The van der Waals surface area contributed by atoms with Crippen LogP contribution in [0.1, 0.15) is 380 Å². The van der Waals surface area contributed by atoms with Gasteiger partial charge in [-0.2, -0.15) is 0 Å². The number of hydrogen-bond acceptors (Lipinski definition) is 5. The second-order valence-corrected chi connectivity index (χ2v) is 22.8. The predicted molar refractivity (Wildman–Crippen MR) is 310 cm³/mol. The zero-order valence-electron chi connectivity index (χ0n) is 48.5. The number of nitrogens with one attached hydrogen (secondary N) is 1. The molecule has 2 atom stereocenters. The van der Waals surface area contributed by atoms with Gasteiger partial charge in [0.25, 0.3) is 0 Å². The highest BCUT2D eigenvalue weighted by atomic mass is 16.5. The lowest BCUT2D eigenvalue weighted by atomic mass is 10.0. The molecule has 3 N–H and O–H groups in total. The summed E-state index contributed by atoms with van der Waals surface area (Å²) in [6.45, 7) is 4.99. The maximum absolute atomic E-state index is 12.5. The van der Waals surface area contributed by atoms with Gasteiger partial charge in [0.05, 0.1) is 25.4 Å². The van der Waals surface area contributed by atoms with Gasteiger partial charge in [-0.25, -0.2) is 0 Å². The maximum atomic E-state index is 12.5. The molecule has 0 aromatic heterocycles. The Morgan fingerprint density at radius 1 is 0.338 bits per heavy atom. The van der Waals surface area contributed by atoms with Gasteiger partial charge in [0.2, 0.25) is 5.91 Å². The lowest BCUT2D eigenvalue weighted by Gasteiger charge is -2.22. The number of ether oxygens (including phenoxy) is 1. The van der Waals surface area contributed by atoms with E-state index in [4.69, 9.17) is 4.74 Å². The third-order valence-electron chi connectivity index (χ3n) is 15.7. The molecule has 0 aromatic rings. The first kappa shape index (κ1) is 69.9. The lowest BCUT2D eigenvalue weighted by Crippen LogP contribution is -2.45. The van der Waals surface area contributed by atoms with Crippen LogP contribution in [0.2, 0.25) is 0 Å². The maximum Gasteiger partial charge on any atom is 0.305 e. The third-order valence-corrected chi connectivity index (χ3v) is 15.7. The van der Waals surface area contributed by atoms with E-state index in [1.807, 2.05) is 0 Å². The lowest BCUT2D eigenvalue weighted by molar-refractivity contribution is -0.143. The standard InChI is InChI=1S/C65H129NO5/c1-3-5-7-9-11-13-15-17-30-33-37-41-45-49-53-57-63(68)62(61-67)66-64(69)58-54-50-46-42-38-34-31-28-26-24-22-20-19-21-23-25-27-29-32-36-40-44-48-52-56-60-71-65(70)59-55-51-47-43-39-35-18-16-14-12-10-8-6-4-2/h62-63,67-68H,3-61H2,1-2H3,(H,66,69). The smallest absolute Gasteiger partial charge is 0.305 e. The van der Waals surface area contributed by atoms with Crippen molar-refractivity contribution in [3.8, 4) is 0 Å². The average molecular weight is 1000 g/mol. The first-order valence-corrected chi connectivity index (χ1v) is 32.8. The Kier molecular flexibility index (Phi) is 60.4. The highest BCUT2D eigenvalue weighted by Crippen LogP contribution is 2.19. The molecule has 0 rings (SSSR count). The summed E-state index contributed by atoms with van der Waals surface area (Å²) in [5.74, 6) is -0.0101. The minimum atomic E-state index is -0.661. The Labute approximate surface area is 445 Å². The van der Waals surface area contributed by atoms with Crippen molar-refractivity contribution >= 4 is 11.9 Å². The van der Waals surface area contributed by atoms with Gasteiger partial charge in [-0.3, -0.25) is 9.59 Å². The van der Waals surface area contributed by atoms with Crippen LogP contribution in [-0.4, -0.2) is 47.4 Å². The summed E-state index contributed by atoms with van der Waals surface area (Å²) in [6, 6.07) is -0.538. The number of amides is 1. The van der Waals surface area contributed by atoms with Crippen LogP contribution < -0.4 is 5.32 Å². The fourth-order valence-electron chi connectivity index (χ4n) is 10.6. The second kappa shape index (κ2) is 61.4. The zero-order chi connectivity index (χ0) is 51.4. The van der Waals surface area contributed by atoms with E-state index in [-0.39, 0.29) is 18.5 Å². The van der Waals surface area contributed by atoms with Crippen molar-refractivity contribution in [2.45, 2.75) is 392 Å². The van der Waals surface area contributed by atoms with Gasteiger partial charge in [0.15, 0.2) is 0 Å². The highest BCUT2D eigenvalue weighted by Gasteiger charge is 2.20. The molecule has 0 saturated heterocycles. The van der Waals surface area contributed by atoms with Gasteiger partial charge >= 0.3 is 5.97 Å². The van der Waals surface area contributed by atoms with E-state index in [1.54, 1.807) is 0 Å². The number of aliphatic hydroxyl groups excluding tert-OH is 2. The fourth-order valence-corrected chi connectivity index (χ4v) is 10.6. The van der Waals surface area contributed by atoms with Crippen molar-refractivity contribution in [2.75, 3.05) is 13.2 Å². The molecule has 6 heteroatoms. The molecule has 0 aliphatic rings. The molecule has 0 saturated carbocycles. The number of carbonyl (C=O) groups is 2. The topological polar surface area (TPSA) is 95.9 Å². The van der Waals surface area contributed by atoms with Crippen molar-refractivity contribution < 1.29 is 24.5 Å². The van der Waals surface area contributed by atoms with E-state index >= 15 is 0 Å². The third kappa shape index (κ3) is 58.0. The van der Waals surface area contributed by atoms with Crippen LogP contribution in [0.25, 0.3) is 0 Å². The normalized spacial score (nSPS) is 12.5. The van der Waals surface area contributed by atoms with Crippen LogP contribution in [0, 0.1) is 0 Å². The summed E-state index contributed by atoms with van der Waals surface area (Å²) < 4.78 is 5.49. The van der Waals surface area contributed by atoms with Gasteiger partial charge < -0.3 is 20.3 Å². The Morgan fingerprint density at radius 2 is 0.577 bits per heavy atom. The van der Waals surface area contributed by atoms with Gasteiger partial charge in [-0.1, -0.05) is 341 Å². The Bertz CT molecular complexity index is 1020. The zero-order valence-corrected chi connectivity index (χ0v) is 48.5. The largest absolute Gasteiger partial charge is 0.466 e. The van der Waals surface area contributed by atoms with Crippen LogP contribution in [-0.2, 0) is 14.3 Å². The van der Waals surface area contributed by atoms with Gasteiger partial charge in [-0.05, 0) is 25.7 Å². The highest BCUT2D eigenvalue weighted by molar-refractivity contribution is 5.76. The number of aliphatic hydroxyl groups is 2. The molecular weight excluding hydrogens is 875 g/mol. The van der Waals surface area contributed by atoms with E-state index in [2.05, 4.69) is 19.2 Å². The van der Waals surface area contributed by atoms with Gasteiger partial charge in [0.1, 0.15) is 0 Å². The number of esters is 1. The second-order valence-electron chi connectivity index (χ2n) is 22.8. The molecule has 0 aromatic carbocycles.